The number of hydrogen-bond acceptors (Lipinski definition) is 3. The summed E-state index contributed by atoms with van der Waals surface area (Å²) >= 11 is 0. The van der Waals surface area contributed by atoms with Crippen LogP contribution in [0.25, 0.3) is 0 Å². The first-order chi connectivity index (χ1) is 10.0. The van der Waals surface area contributed by atoms with Crippen molar-refractivity contribution in [1.82, 2.24) is 15.1 Å². The van der Waals surface area contributed by atoms with Gasteiger partial charge in [0.15, 0.2) is 0 Å². The number of aromatic nitrogens is 2. The van der Waals surface area contributed by atoms with Crippen molar-refractivity contribution in [2.45, 2.75) is 26.8 Å². The lowest BCUT2D eigenvalue weighted by Crippen LogP contribution is -2.18. The van der Waals surface area contributed by atoms with E-state index in [2.05, 4.69) is 10.4 Å². The van der Waals surface area contributed by atoms with Crippen molar-refractivity contribution in [3.63, 3.8) is 0 Å². The zero-order valence-corrected chi connectivity index (χ0v) is 13.0. The molecule has 1 aromatic heterocycles. The Morgan fingerprint density at radius 1 is 1.33 bits per heavy atom. The number of hydrogen-bond donors (Lipinski definition) is 1. The molecule has 21 heavy (non-hydrogen) atoms. The van der Waals surface area contributed by atoms with Crippen LogP contribution in [0.15, 0.2) is 18.2 Å². The average Bonchev–Trinajstić information content (AvgIpc) is 2.70. The Hall–Kier alpha value is -1.88. The van der Waals surface area contributed by atoms with Crippen LogP contribution in [0.4, 0.5) is 4.39 Å². The number of ether oxygens (including phenoxy) is 1. The maximum atomic E-state index is 13.0. The summed E-state index contributed by atoms with van der Waals surface area (Å²) in [4.78, 5) is 0. The molecule has 0 unspecified atom stereocenters. The molecular formula is C16H22FN3O. The molecule has 0 aliphatic rings. The van der Waals surface area contributed by atoms with E-state index in [0.29, 0.717) is 6.54 Å². The summed E-state index contributed by atoms with van der Waals surface area (Å²) in [6, 6.07) is 4.93. The Morgan fingerprint density at radius 2 is 2.10 bits per heavy atom. The lowest BCUT2D eigenvalue weighted by atomic mass is 10.1. The van der Waals surface area contributed by atoms with Gasteiger partial charge in [0.25, 0.3) is 0 Å². The smallest absolute Gasteiger partial charge is 0.216 e. The van der Waals surface area contributed by atoms with Crippen molar-refractivity contribution in [2.75, 3.05) is 13.7 Å². The minimum atomic E-state index is -0.181. The number of nitrogens with zero attached hydrogens (tertiary/aromatic N) is 2. The highest BCUT2D eigenvalue weighted by molar-refractivity contribution is 5.31. The molecule has 0 amide bonds. The molecule has 1 N–H and O–H groups in total. The maximum absolute atomic E-state index is 13.0. The van der Waals surface area contributed by atoms with Crippen LogP contribution >= 0.6 is 0 Å². The molecule has 0 bridgehead atoms. The molecule has 5 heteroatoms. The number of benzene rings is 1. The molecule has 0 aliphatic carbocycles. The van der Waals surface area contributed by atoms with Crippen LogP contribution in [-0.2, 0) is 20.0 Å². The predicted molar refractivity (Wildman–Crippen MR) is 81.0 cm³/mol. The predicted octanol–water partition coefficient (Wildman–Crippen LogP) is 2.52. The van der Waals surface area contributed by atoms with Crippen molar-refractivity contribution >= 4 is 0 Å². The van der Waals surface area contributed by atoms with Crippen molar-refractivity contribution in [3.8, 4) is 5.88 Å². The quantitative estimate of drug-likeness (QED) is 0.831. The molecule has 0 aliphatic heterocycles. The second kappa shape index (κ2) is 6.72. The van der Waals surface area contributed by atoms with E-state index in [1.165, 1.54) is 11.6 Å². The van der Waals surface area contributed by atoms with E-state index in [9.17, 15) is 4.39 Å². The largest absolute Gasteiger partial charge is 0.481 e. The SMILES string of the molecule is COc1c(CNCCc2ccc(F)cc2C)c(C)nn1C. The second-order valence-electron chi connectivity index (χ2n) is 5.19. The van der Waals surface area contributed by atoms with Crippen LogP contribution in [0.3, 0.4) is 0 Å². The Kier molecular flexibility index (Phi) is 4.96. The summed E-state index contributed by atoms with van der Waals surface area (Å²) < 4.78 is 20.2. The molecule has 4 nitrogen and oxygen atoms in total. The molecule has 114 valence electrons. The molecule has 0 fully saturated rings. The van der Waals surface area contributed by atoms with E-state index < -0.39 is 0 Å². The van der Waals surface area contributed by atoms with Crippen LogP contribution in [-0.4, -0.2) is 23.4 Å². The van der Waals surface area contributed by atoms with Gasteiger partial charge in [0, 0.05) is 13.6 Å². The fourth-order valence-electron chi connectivity index (χ4n) is 2.52. The first-order valence-corrected chi connectivity index (χ1v) is 7.05. The van der Waals surface area contributed by atoms with Crippen molar-refractivity contribution in [1.29, 1.82) is 0 Å². The van der Waals surface area contributed by atoms with Gasteiger partial charge in [-0.2, -0.15) is 5.10 Å². The topological polar surface area (TPSA) is 39.1 Å². The summed E-state index contributed by atoms with van der Waals surface area (Å²) in [6.07, 6.45) is 0.869. The maximum Gasteiger partial charge on any atom is 0.216 e. The van der Waals surface area contributed by atoms with Gasteiger partial charge in [-0.15, -0.1) is 0 Å². The van der Waals surface area contributed by atoms with Crippen molar-refractivity contribution in [3.05, 3.63) is 46.4 Å². The number of halogens is 1. The molecular weight excluding hydrogens is 269 g/mol. The molecule has 2 aromatic rings. The summed E-state index contributed by atoms with van der Waals surface area (Å²) in [5.74, 6) is 0.609. The van der Waals surface area contributed by atoms with Crippen molar-refractivity contribution < 1.29 is 9.13 Å². The highest BCUT2D eigenvalue weighted by Crippen LogP contribution is 2.20. The van der Waals surface area contributed by atoms with Gasteiger partial charge >= 0.3 is 0 Å². The summed E-state index contributed by atoms with van der Waals surface area (Å²) in [5.41, 5.74) is 4.21. The van der Waals surface area contributed by atoms with Gasteiger partial charge in [0.2, 0.25) is 5.88 Å². The Morgan fingerprint density at radius 3 is 2.76 bits per heavy atom. The number of aryl methyl sites for hydroxylation is 3. The zero-order chi connectivity index (χ0) is 15.4. The molecule has 0 saturated carbocycles. The van der Waals surface area contributed by atoms with Gasteiger partial charge in [-0.3, -0.25) is 0 Å². The summed E-state index contributed by atoms with van der Waals surface area (Å²) in [7, 11) is 3.53. The van der Waals surface area contributed by atoms with Crippen LogP contribution in [0.5, 0.6) is 5.88 Å². The standard InChI is InChI=1S/C16H22FN3O/c1-11-9-14(17)6-5-13(11)7-8-18-10-15-12(2)19-20(3)16(15)21-4/h5-6,9,18H,7-8,10H2,1-4H3. The van der Waals surface area contributed by atoms with Crippen molar-refractivity contribution in [2.24, 2.45) is 7.05 Å². The van der Waals surface area contributed by atoms with Crippen LogP contribution in [0, 0.1) is 19.7 Å². The number of rotatable bonds is 6. The van der Waals surface area contributed by atoms with Gasteiger partial charge in [-0.25, -0.2) is 9.07 Å². The minimum absolute atomic E-state index is 0.181. The number of nitrogens with one attached hydrogen (secondary N) is 1. The monoisotopic (exact) mass is 291 g/mol. The van der Waals surface area contributed by atoms with E-state index in [-0.39, 0.29) is 5.82 Å². The van der Waals surface area contributed by atoms with Crippen LogP contribution in [0.2, 0.25) is 0 Å². The third kappa shape index (κ3) is 3.61. The highest BCUT2D eigenvalue weighted by atomic mass is 19.1. The molecule has 0 atom stereocenters. The molecule has 0 saturated heterocycles. The normalized spacial score (nSPS) is 10.9. The average molecular weight is 291 g/mol. The molecule has 0 spiro atoms. The Labute approximate surface area is 124 Å². The van der Waals surface area contributed by atoms with E-state index in [1.807, 2.05) is 27.0 Å². The lowest BCUT2D eigenvalue weighted by Gasteiger charge is -2.09. The lowest BCUT2D eigenvalue weighted by molar-refractivity contribution is 0.368. The van der Waals surface area contributed by atoms with Gasteiger partial charge in [-0.05, 0) is 50.1 Å². The first kappa shape index (κ1) is 15.5. The van der Waals surface area contributed by atoms with Gasteiger partial charge in [-0.1, -0.05) is 6.07 Å². The Balaban J connectivity index is 1.90. The fourth-order valence-corrected chi connectivity index (χ4v) is 2.52. The molecule has 2 rings (SSSR count). The third-order valence-corrected chi connectivity index (χ3v) is 3.66. The highest BCUT2D eigenvalue weighted by Gasteiger charge is 2.12. The zero-order valence-electron chi connectivity index (χ0n) is 13.0. The van der Waals surface area contributed by atoms with E-state index in [0.717, 1.165) is 35.7 Å². The first-order valence-electron chi connectivity index (χ1n) is 7.05. The summed E-state index contributed by atoms with van der Waals surface area (Å²) in [5, 5.41) is 7.75. The van der Waals surface area contributed by atoms with Crippen LogP contribution < -0.4 is 10.1 Å². The molecule has 1 heterocycles. The van der Waals surface area contributed by atoms with Gasteiger partial charge in [0.05, 0.1) is 18.4 Å². The van der Waals surface area contributed by atoms with Gasteiger partial charge < -0.3 is 10.1 Å². The fraction of sp³-hybridized carbons (Fsp3) is 0.438. The molecule has 0 radical (unpaired) electrons. The third-order valence-electron chi connectivity index (χ3n) is 3.66. The second-order valence-corrected chi connectivity index (χ2v) is 5.19. The summed E-state index contributed by atoms with van der Waals surface area (Å²) in [6.45, 7) is 5.45. The molecule has 1 aromatic carbocycles. The van der Waals surface area contributed by atoms with E-state index in [1.54, 1.807) is 17.9 Å². The van der Waals surface area contributed by atoms with E-state index in [4.69, 9.17) is 4.74 Å². The van der Waals surface area contributed by atoms with Crippen LogP contribution in [0.1, 0.15) is 22.4 Å². The van der Waals surface area contributed by atoms with Gasteiger partial charge in [0.1, 0.15) is 5.82 Å². The number of methoxy groups -OCH3 is 1. The Bertz CT molecular complexity index is 622. The van der Waals surface area contributed by atoms with E-state index >= 15 is 0 Å². The minimum Gasteiger partial charge on any atom is -0.481 e.